The molecule has 0 fully saturated rings. The number of carbonyl (C=O) groups is 1. The van der Waals surface area contributed by atoms with Crippen LogP contribution in [0.4, 0.5) is 4.39 Å². The minimum absolute atomic E-state index is 0.100. The van der Waals surface area contributed by atoms with Crippen LogP contribution in [0.2, 0.25) is 0 Å². The molecule has 0 bridgehead atoms. The monoisotopic (exact) mass is 300 g/mol. The zero-order valence-corrected chi connectivity index (χ0v) is 13.2. The predicted molar refractivity (Wildman–Crippen MR) is 86.2 cm³/mol. The highest BCUT2D eigenvalue weighted by Crippen LogP contribution is 2.19. The molecular formula is C18H21FN2O. The largest absolute Gasteiger partial charge is 0.350 e. The van der Waals surface area contributed by atoms with Crippen molar-refractivity contribution >= 4 is 5.91 Å². The molecule has 1 atom stereocenters. The SMILES string of the molecule is CCC[C@@H](C)NC(=O)c1ccc(-c2ccc(F)cc2)nc1C. The third-order valence-corrected chi connectivity index (χ3v) is 3.57. The summed E-state index contributed by atoms with van der Waals surface area (Å²) in [5, 5.41) is 2.98. The van der Waals surface area contributed by atoms with E-state index in [9.17, 15) is 9.18 Å². The Kier molecular flexibility index (Phi) is 5.26. The molecule has 0 aliphatic heterocycles. The lowest BCUT2D eigenvalue weighted by atomic mass is 10.1. The summed E-state index contributed by atoms with van der Waals surface area (Å²) in [5.74, 6) is -0.377. The van der Waals surface area contributed by atoms with Crippen LogP contribution in [0.25, 0.3) is 11.3 Å². The van der Waals surface area contributed by atoms with Crippen molar-refractivity contribution in [2.45, 2.75) is 39.7 Å². The van der Waals surface area contributed by atoms with Gasteiger partial charge in [-0.05, 0) is 56.7 Å². The zero-order valence-electron chi connectivity index (χ0n) is 13.2. The molecule has 4 heteroatoms. The molecule has 1 heterocycles. The summed E-state index contributed by atoms with van der Waals surface area (Å²) in [7, 11) is 0. The molecule has 0 radical (unpaired) electrons. The number of benzene rings is 1. The van der Waals surface area contributed by atoms with Gasteiger partial charge in [0.1, 0.15) is 5.82 Å². The lowest BCUT2D eigenvalue weighted by Crippen LogP contribution is -2.32. The van der Waals surface area contributed by atoms with Crippen LogP contribution in [0.15, 0.2) is 36.4 Å². The molecule has 0 spiro atoms. The van der Waals surface area contributed by atoms with E-state index in [2.05, 4.69) is 17.2 Å². The fraction of sp³-hybridized carbons (Fsp3) is 0.333. The molecule has 0 saturated carbocycles. The molecular weight excluding hydrogens is 279 g/mol. The molecule has 1 amide bonds. The van der Waals surface area contributed by atoms with E-state index >= 15 is 0 Å². The van der Waals surface area contributed by atoms with Crippen molar-refractivity contribution in [2.75, 3.05) is 0 Å². The van der Waals surface area contributed by atoms with Crippen molar-refractivity contribution in [2.24, 2.45) is 0 Å². The Morgan fingerprint density at radius 3 is 2.50 bits per heavy atom. The standard InChI is InChI=1S/C18H21FN2O/c1-4-5-12(2)20-18(22)16-10-11-17(21-13(16)3)14-6-8-15(19)9-7-14/h6-12H,4-5H2,1-3H3,(H,20,22)/t12-/m1/s1. The van der Waals surface area contributed by atoms with E-state index in [0.29, 0.717) is 11.3 Å². The first-order valence-corrected chi connectivity index (χ1v) is 7.55. The lowest BCUT2D eigenvalue weighted by Gasteiger charge is -2.14. The average molecular weight is 300 g/mol. The fourth-order valence-electron chi connectivity index (χ4n) is 2.39. The van der Waals surface area contributed by atoms with E-state index in [-0.39, 0.29) is 17.8 Å². The van der Waals surface area contributed by atoms with Crippen LogP contribution in [-0.4, -0.2) is 16.9 Å². The van der Waals surface area contributed by atoms with E-state index in [1.165, 1.54) is 12.1 Å². The molecule has 1 aromatic carbocycles. The second-order valence-electron chi connectivity index (χ2n) is 5.50. The summed E-state index contributed by atoms with van der Waals surface area (Å²) in [4.78, 5) is 16.7. The maximum absolute atomic E-state index is 13.0. The number of aryl methyl sites for hydroxylation is 1. The summed E-state index contributed by atoms with van der Waals surface area (Å²) in [5.41, 5.74) is 2.81. The minimum atomic E-state index is -0.276. The number of hydrogen-bond acceptors (Lipinski definition) is 2. The summed E-state index contributed by atoms with van der Waals surface area (Å²) >= 11 is 0. The molecule has 0 aliphatic rings. The number of aromatic nitrogens is 1. The molecule has 22 heavy (non-hydrogen) atoms. The van der Waals surface area contributed by atoms with Gasteiger partial charge in [0.25, 0.3) is 5.91 Å². The normalized spacial score (nSPS) is 12.0. The molecule has 0 aliphatic carbocycles. The van der Waals surface area contributed by atoms with Crippen molar-refractivity contribution in [3.05, 3.63) is 53.5 Å². The van der Waals surface area contributed by atoms with Crippen LogP contribution < -0.4 is 5.32 Å². The van der Waals surface area contributed by atoms with Crippen molar-refractivity contribution in [1.82, 2.24) is 10.3 Å². The van der Waals surface area contributed by atoms with Crippen molar-refractivity contribution in [3.63, 3.8) is 0 Å². The van der Waals surface area contributed by atoms with Gasteiger partial charge in [0.05, 0.1) is 17.0 Å². The second kappa shape index (κ2) is 7.16. The number of hydrogen-bond donors (Lipinski definition) is 1. The lowest BCUT2D eigenvalue weighted by molar-refractivity contribution is 0.0937. The molecule has 116 valence electrons. The average Bonchev–Trinajstić information content (AvgIpc) is 2.47. The first kappa shape index (κ1) is 16.1. The summed E-state index contributed by atoms with van der Waals surface area (Å²) < 4.78 is 13.0. The second-order valence-corrected chi connectivity index (χ2v) is 5.50. The molecule has 2 aromatic rings. The van der Waals surface area contributed by atoms with E-state index in [0.717, 1.165) is 24.1 Å². The molecule has 2 rings (SSSR count). The third kappa shape index (κ3) is 3.91. The Morgan fingerprint density at radius 1 is 1.23 bits per heavy atom. The topological polar surface area (TPSA) is 42.0 Å². The maximum atomic E-state index is 13.0. The van der Waals surface area contributed by atoms with Crippen LogP contribution in [0, 0.1) is 12.7 Å². The highest BCUT2D eigenvalue weighted by molar-refractivity contribution is 5.95. The van der Waals surface area contributed by atoms with Crippen LogP contribution >= 0.6 is 0 Å². The first-order chi connectivity index (χ1) is 10.5. The maximum Gasteiger partial charge on any atom is 0.253 e. The van der Waals surface area contributed by atoms with Crippen LogP contribution in [0.3, 0.4) is 0 Å². The van der Waals surface area contributed by atoms with Gasteiger partial charge in [-0.3, -0.25) is 9.78 Å². The quantitative estimate of drug-likeness (QED) is 0.902. The third-order valence-electron chi connectivity index (χ3n) is 3.57. The number of nitrogens with one attached hydrogen (secondary N) is 1. The fourth-order valence-corrected chi connectivity index (χ4v) is 2.39. The Labute approximate surface area is 130 Å². The minimum Gasteiger partial charge on any atom is -0.350 e. The van der Waals surface area contributed by atoms with Gasteiger partial charge in [0.2, 0.25) is 0 Å². The predicted octanol–water partition coefficient (Wildman–Crippen LogP) is 4.11. The Bertz CT molecular complexity index is 653. The number of pyridine rings is 1. The van der Waals surface area contributed by atoms with Gasteiger partial charge in [-0.25, -0.2) is 4.39 Å². The van der Waals surface area contributed by atoms with Crippen molar-refractivity contribution in [1.29, 1.82) is 0 Å². The summed E-state index contributed by atoms with van der Waals surface area (Å²) in [6.45, 7) is 5.90. The Morgan fingerprint density at radius 2 is 1.91 bits per heavy atom. The van der Waals surface area contributed by atoms with Crippen LogP contribution in [-0.2, 0) is 0 Å². The van der Waals surface area contributed by atoms with E-state index in [4.69, 9.17) is 0 Å². The number of halogens is 1. The van der Waals surface area contributed by atoms with E-state index in [1.54, 1.807) is 24.3 Å². The van der Waals surface area contributed by atoms with Gasteiger partial charge in [-0.15, -0.1) is 0 Å². The first-order valence-electron chi connectivity index (χ1n) is 7.55. The number of carbonyl (C=O) groups excluding carboxylic acids is 1. The molecule has 0 unspecified atom stereocenters. The summed E-state index contributed by atoms with van der Waals surface area (Å²) in [6, 6.07) is 9.88. The van der Waals surface area contributed by atoms with Gasteiger partial charge in [-0.2, -0.15) is 0 Å². The van der Waals surface area contributed by atoms with Gasteiger partial charge >= 0.3 is 0 Å². The van der Waals surface area contributed by atoms with Crippen molar-refractivity contribution in [3.8, 4) is 11.3 Å². The highest BCUT2D eigenvalue weighted by atomic mass is 19.1. The molecule has 1 aromatic heterocycles. The number of amides is 1. The molecule has 1 N–H and O–H groups in total. The number of nitrogens with zero attached hydrogens (tertiary/aromatic N) is 1. The number of rotatable bonds is 5. The van der Waals surface area contributed by atoms with Crippen molar-refractivity contribution < 1.29 is 9.18 Å². The van der Waals surface area contributed by atoms with E-state index in [1.807, 2.05) is 13.8 Å². The van der Waals surface area contributed by atoms with E-state index < -0.39 is 0 Å². The van der Waals surface area contributed by atoms with Crippen LogP contribution in [0.1, 0.15) is 42.7 Å². The Hall–Kier alpha value is -2.23. The Balaban J connectivity index is 2.19. The highest BCUT2D eigenvalue weighted by Gasteiger charge is 2.13. The van der Waals surface area contributed by atoms with Gasteiger partial charge < -0.3 is 5.32 Å². The molecule has 3 nitrogen and oxygen atoms in total. The molecule has 0 saturated heterocycles. The van der Waals surface area contributed by atoms with Crippen LogP contribution in [0.5, 0.6) is 0 Å². The van der Waals surface area contributed by atoms with Gasteiger partial charge in [0, 0.05) is 11.6 Å². The van der Waals surface area contributed by atoms with Gasteiger partial charge in [0.15, 0.2) is 0 Å². The smallest absolute Gasteiger partial charge is 0.253 e. The summed E-state index contributed by atoms with van der Waals surface area (Å²) in [6.07, 6.45) is 1.98. The zero-order chi connectivity index (χ0) is 16.1. The van der Waals surface area contributed by atoms with Gasteiger partial charge in [-0.1, -0.05) is 13.3 Å².